The Balaban J connectivity index is 2.33. The molecule has 0 unspecified atom stereocenters. The number of halogens is 5. The molecule has 2 nitrogen and oxygen atoms in total. The maximum Gasteiger partial charge on any atom is 0.345 e. The van der Waals surface area contributed by atoms with E-state index in [2.05, 4.69) is 15.9 Å². The third-order valence-electron chi connectivity index (χ3n) is 2.31. The maximum absolute atomic E-state index is 12.1. The first-order chi connectivity index (χ1) is 9.38. The van der Waals surface area contributed by atoms with Crippen LogP contribution in [0.5, 0.6) is 5.75 Å². The predicted molar refractivity (Wildman–Crippen MR) is 85.6 cm³/mol. The van der Waals surface area contributed by atoms with Crippen LogP contribution in [0.1, 0.15) is 10.4 Å². The van der Waals surface area contributed by atoms with Gasteiger partial charge in [-0.15, -0.1) is 0 Å². The summed E-state index contributed by atoms with van der Waals surface area (Å²) in [5.74, 6) is -0.469. The topological polar surface area (TPSA) is 26.3 Å². The van der Waals surface area contributed by atoms with Crippen LogP contribution in [0.15, 0.2) is 34.8 Å². The molecule has 0 fully saturated rings. The Kier molecular flexibility index (Phi) is 5.21. The zero-order valence-electron chi connectivity index (χ0n) is 9.59. The molecule has 0 aliphatic carbocycles. The van der Waals surface area contributed by atoms with Crippen molar-refractivity contribution in [3.05, 3.63) is 60.5 Å². The number of hydrogen-bond donors (Lipinski definition) is 0. The van der Waals surface area contributed by atoms with E-state index in [9.17, 15) is 4.79 Å². The van der Waals surface area contributed by atoms with E-state index >= 15 is 0 Å². The molecule has 0 spiro atoms. The average Bonchev–Trinajstić information content (AvgIpc) is 2.33. The van der Waals surface area contributed by atoms with Gasteiger partial charge in [0, 0.05) is 10.0 Å². The molecule has 2 aromatic carbocycles. The van der Waals surface area contributed by atoms with Gasteiger partial charge >= 0.3 is 5.97 Å². The van der Waals surface area contributed by atoms with Crippen LogP contribution in [0.4, 0.5) is 0 Å². The minimum Gasteiger partial charge on any atom is -0.420 e. The van der Waals surface area contributed by atoms with Crippen molar-refractivity contribution in [2.45, 2.75) is 0 Å². The molecule has 0 N–H and O–H groups in total. The normalized spacial score (nSPS) is 10.4. The second kappa shape index (κ2) is 6.54. The molecule has 0 heterocycles. The molecule has 20 heavy (non-hydrogen) atoms. The highest BCUT2D eigenvalue weighted by Gasteiger charge is 2.17. The molecule has 2 aromatic rings. The first-order valence-electron chi connectivity index (χ1n) is 5.20. The van der Waals surface area contributed by atoms with Crippen LogP contribution in [0, 0.1) is 0 Å². The van der Waals surface area contributed by atoms with Gasteiger partial charge in [-0.05, 0) is 46.3 Å². The molecular formula is C13H5BrCl4O2. The molecule has 0 saturated heterocycles. The fraction of sp³-hybridized carbons (Fsp3) is 0. The summed E-state index contributed by atoms with van der Waals surface area (Å²) in [5, 5.41) is 1.26. The van der Waals surface area contributed by atoms with E-state index in [1.807, 2.05) is 0 Å². The predicted octanol–water partition coefficient (Wildman–Crippen LogP) is 6.28. The molecule has 2 rings (SSSR count). The first-order valence-corrected chi connectivity index (χ1v) is 7.50. The van der Waals surface area contributed by atoms with Gasteiger partial charge in [-0.25, -0.2) is 4.79 Å². The minimum atomic E-state index is -0.642. The standard InChI is InChI=1S/C13H5BrCl4O2/c14-9-3-7(16)5-11(18)12(9)20-13(19)8-2-1-6(15)4-10(8)17/h1-5H. The summed E-state index contributed by atoms with van der Waals surface area (Å²) in [5.41, 5.74) is 0.189. The highest BCUT2D eigenvalue weighted by atomic mass is 79.9. The lowest BCUT2D eigenvalue weighted by Gasteiger charge is -2.10. The molecule has 0 amide bonds. The molecule has 104 valence electrons. The Bertz CT molecular complexity index is 665. The van der Waals surface area contributed by atoms with E-state index < -0.39 is 5.97 Å². The smallest absolute Gasteiger partial charge is 0.345 e. The Labute approximate surface area is 143 Å². The van der Waals surface area contributed by atoms with Crippen LogP contribution in [0.3, 0.4) is 0 Å². The van der Waals surface area contributed by atoms with Gasteiger partial charge in [0.15, 0.2) is 5.75 Å². The number of carbonyl (C=O) groups is 1. The summed E-state index contributed by atoms with van der Waals surface area (Å²) >= 11 is 26.8. The lowest BCUT2D eigenvalue weighted by atomic mass is 10.2. The number of carbonyl (C=O) groups excluding carboxylic acids is 1. The highest BCUT2D eigenvalue weighted by Crippen LogP contribution is 2.36. The van der Waals surface area contributed by atoms with Crippen molar-refractivity contribution >= 4 is 68.3 Å². The van der Waals surface area contributed by atoms with Gasteiger partial charge in [0.25, 0.3) is 0 Å². The quantitative estimate of drug-likeness (QED) is 0.427. The third-order valence-corrected chi connectivity index (χ3v) is 3.94. The Morgan fingerprint density at radius 3 is 2.20 bits per heavy atom. The molecular weight excluding hydrogens is 410 g/mol. The Morgan fingerprint density at radius 1 is 0.950 bits per heavy atom. The first kappa shape index (κ1) is 15.9. The van der Waals surface area contributed by atoms with Crippen molar-refractivity contribution in [2.75, 3.05) is 0 Å². The van der Waals surface area contributed by atoms with Crippen molar-refractivity contribution < 1.29 is 9.53 Å². The highest BCUT2D eigenvalue weighted by molar-refractivity contribution is 9.10. The van der Waals surface area contributed by atoms with Gasteiger partial charge in [0.05, 0.1) is 20.1 Å². The zero-order chi connectivity index (χ0) is 14.9. The lowest BCUT2D eigenvalue weighted by Crippen LogP contribution is -2.09. The zero-order valence-corrected chi connectivity index (χ0v) is 14.2. The van der Waals surface area contributed by atoms with Crippen molar-refractivity contribution in [2.24, 2.45) is 0 Å². The second-order valence-corrected chi connectivity index (χ2v) is 6.25. The summed E-state index contributed by atoms with van der Waals surface area (Å²) in [7, 11) is 0. The van der Waals surface area contributed by atoms with Gasteiger partial charge in [0.2, 0.25) is 0 Å². The fourth-order valence-corrected chi connectivity index (χ4v) is 3.23. The second-order valence-electron chi connectivity index (χ2n) is 3.71. The van der Waals surface area contributed by atoms with Crippen LogP contribution in [-0.2, 0) is 0 Å². The van der Waals surface area contributed by atoms with Crippen LogP contribution >= 0.6 is 62.3 Å². The van der Waals surface area contributed by atoms with Gasteiger partial charge in [-0.1, -0.05) is 46.4 Å². The molecule has 0 aromatic heterocycles. The minimum absolute atomic E-state index is 0.173. The van der Waals surface area contributed by atoms with E-state index in [1.165, 1.54) is 18.2 Å². The van der Waals surface area contributed by atoms with E-state index in [0.29, 0.717) is 14.5 Å². The number of hydrogen-bond acceptors (Lipinski definition) is 2. The molecule has 0 aliphatic rings. The number of ether oxygens (including phenoxy) is 1. The summed E-state index contributed by atoms with van der Waals surface area (Å²) < 4.78 is 5.70. The monoisotopic (exact) mass is 412 g/mol. The van der Waals surface area contributed by atoms with Crippen molar-refractivity contribution in [3.63, 3.8) is 0 Å². The number of esters is 1. The van der Waals surface area contributed by atoms with Crippen LogP contribution in [0.25, 0.3) is 0 Å². The molecule has 0 radical (unpaired) electrons. The van der Waals surface area contributed by atoms with Crippen molar-refractivity contribution in [3.8, 4) is 5.75 Å². The molecule has 7 heteroatoms. The van der Waals surface area contributed by atoms with Gasteiger partial charge in [-0.3, -0.25) is 0 Å². The molecule has 0 atom stereocenters. The van der Waals surface area contributed by atoms with E-state index in [4.69, 9.17) is 51.1 Å². The summed E-state index contributed by atoms with van der Waals surface area (Å²) in [6.45, 7) is 0. The van der Waals surface area contributed by atoms with Crippen molar-refractivity contribution in [1.29, 1.82) is 0 Å². The van der Waals surface area contributed by atoms with Crippen LogP contribution in [0.2, 0.25) is 20.1 Å². The third kappa shape index (κ3) is 3.60. The average molecular weight is 415 g/mol. The maximum atomic E-state index is 12.1. The summed E-state index contributed by atoms with van der Waals surface area (Å²) in [6, 6.07) is 7.52. The fourth-order valence-electron chi connectivity index (χ4n) is 1.43. The Morgan fingerprint density at radius 2 is 1.60 bits per heavy atom. The number of benzene rings is 2. The van der Waals surface area contributed by atoms with Gasteiger partial charge in [-0.2, -0.15) is 0 Å². The van der Waals surface area contributed by atoms with E-state index in [1.54, 1.807) is 12.1 Å². The Hall–Kier alpha value is -0.450. The summed E-state index contributed by atoms with van der Waals surface area (Å²) in [6.07, 6.45) is 0. The van der Waals surface area contributed by atoms with E-state index in [-0.39, 0.29) is 21.4 Å². The van der Waals surface area contributed by atoms with E-state index in [0.717, 1.165) is 0 Å². The number of rotatable bonds is 2. The van der Waals surface area contributed by atoms with Crippen molar-refractivity contribution in [1.82, 2.24) is 0 Å². The molecule has 0 saturated carbocycles. The summed E-state index contributed by atoms with van der Waals surface area (Å²) in [4.78, 5) is 12.1. The molecule has 0 aliphatic heterocycles. The van der Waals surface area contributed by atoms with Gasteiger partial charge < -0.3 is 4.74 Å². The lowest BCUT2D eigenvalue weighted by molar-refractivity contribution is 0.0734. The van der Waals surface area contributed by atoms with Crippen LogP contribution in [-0.4, -0.2) is 5.97 Å². The largest absolute Gasteiger partial charge is 0.420 e. The molecule has 0 bridgehead atoms. The van der Waals surface area contributed by atoms with Crippen LogP contribution < -0.4 is 4.74 Å². The van der Waals surface area contributed by atoms with Gasteiger partial charge in [0.1, 0.15) is 0 Å². The SMILES string of the molecule is O=C(Oc1c(Cl)cc(Cl)cc1Br)c1ccc(Cl)cc1Cl.